The first kappa shape index (κ1) is 21.7. The second-order valence-electron chi connectivity index (χ2n) is 5.94. The number of thiocyanates is 1. The first-order valence-electron chi connectivity index (χ1n) is 8.57. The molecule has 0 spiro atoms. The van der Waals surface area contributed by atoms with Crippen molar-refractivity contribution in [2.45, 2.75) is 18.7 Å². The van der Waals surface area contributed by atoms with Crippen molar-refractivity contribution < 1.29 is 19.1 Å². The van der Waals surface area contributed by atoms with Gasteiger partial charge in [-0.25, -0.2) is 4.79 Å². The highest BCUT2D eigenvalue weighted by molar-refractivity contribution is 8.03. The number of hydrogen-bond donors (Lipinski definition) is 2. The molecule has 0 aliphatic heterocycles. The normalized spacial score (nSPS) is 10.6. The van der Waals surface area contributed by atoms with Crippen LogP contribution in [0.15, 0.2) is 59.1 Å². The van der Waals surface area contributed by atoms with Crippen molar-refractivity contribution in [2.75, 3.05) is 11.9 Å². The fourth-order valence-corrected chi connectivity index (χ4v) is 2.82. The molecule has 0 unspecified atom stereocenters. The Morgan fingerprint density at radius 2 is 1.90 bits per heavy atom. The number of nitrogens with one attached hydrogen (secondary N) is 2. The summed E-state index contributed by atoms with van der Waals surface area (Å²) in [5.74, 6) is -1.78. The highest BCUT2D eigenvalue weighted by Gasteiger charge is 2.15. The summed E-state index contributed by atoms with van der Waals surface area (Å²) in [7, 11) is 0. The fourth-order valence-electron chi connectivity index (χ4n) is 2.34. The molecule has 0 saturated carbocycles. The summed E-state index contributed by atoms with van der Waals surface area (Å²) in [5, 5.41) is 15.8. The minimum absolute atomic E-state index is 0.0643. The largest absolute Gasteiger partial charge is 0.451 e. The number of ether oxygens (including phenoxy) is 1. The van der Waals surface area contributed by atoms with Crippen LogP contribution in [0.1, 0.15) is 18.1 Å². The molecule has 0 heterocycles. The van der Waals surface area contributed by atoms with Gasteiger partial charge in [0.15, 0.2) is 6.61 Å². The van der Waals surface area contributed by atoms with Gasteiger partial charge in [-0.15, -0.1) is 0 Å². The number of carbonyl (C=O) groups excluding carboxylic acids is 3. The highest BCUT2D eigenvalue weighted by Crippen LogP contribution is 2.23. The van der Waals surface area contributed by atoms with Crippen molar-refractivity contribution in [3.63, 3.8) is 0 Å². The SMILES string of the molecule is CC(=O)N/C(=C\c1ccccc1)C(=O)OCC(=O)Nc1ccc(SC#N)cc1C. The van der Waals surface area contributed by atoms with Crippen LogP contribution in [0.2, 0.25) is 0 Å². The number of anilines is 1. The van der Waals surface area contributed by atoms with Crippen LogP contribution in [0.3, 0.4) is 0 Å². The van der Waals surface area contributed by atoms with Crippen LogP contribution in [0.25, 0.3) is 6.08 Å². The molecule has 2 aromatic rings. The van der Waals surface area contributed by atoms with Gasteiger partial charge in [0, 0.05) is 17.5 Å². The highest BCUT2D eigenvalue weighted by atomic mass is 32.2. The number of carbonyl (C=O) groups is 3. The Morgan fingerprint density at radius 3 is 2.52 bits per heavy atom. The predicted octanol–water partition coefficient (Wildman–Crippen LogP) is 3.23. The molecule has 2 rings (SSSR count). The van der Waals surface area contributed by atoms with E-state index in [0.29, 0.717) is 11.3 Å². The van der Waals surface area contributed by atoms with Gasteiger partial charge in [-0.05, 0) is 54.1 Å². The molecule has 0 aliphatic rings. The average molecular weight is 409 g/mol. The number of amides is 2. The molecule has 0 fully saturated rings. The number of nitrogens with zero attached hydrogens (tertiary/aromatic N) is 1. The minimum Gasteiger partial charge on any atom is -0.451 e. The fraction of sp³-hybridized carbons (Fsp3) is 0.143. The van der Waals surface area contributed by atoms with Gasteiger partial charge in [0.25, 0.3) is 5.91 Å². The third-order valence-electron chi connectivity index (χ3n) is 3.61. The van der Waals surface area contributed by atoms with Crippen LogP contribution in [0.4, 0.5) is 5.69 Å². The van der Waals surface area contributed by atoms with Crippen molar-refractivity contribution in [3.05, 3.63) is 65.4 Å². The van der Waals surface area contributed by atoms with E-state index in [2.05, 4.69) is 10.6 Å². The van der Waals surface area contributed by atoms with Crippen LogP contribution < -0.4 is 10.6 Å². The van der Waals surface area contributed by atoms with E-state index in [4.69, 9.17) is 10.00 Å². The van der Waals surface area contributed by atoms with Crippen molar-refractivity contribution >= 4 is 41.3 Å². The number of benzene rings is 2. The lowest BCUT2D eigenvalue weighted by atomic mass is 10.2. The summed E-state index contributed by atoms with van der Waals surface area (Å²) in [4.78, 5) is 36.6. The zero-order chi connectivity index (χ0) is 21.2. The second-order valence-corrected chi connectivity index (χ2v) is 6.80. The van der Waals surface area contributed by atoms with Gasteiger partial charge in [0.1, 0.15) is 11.1 Å². The van der Waals surface area contributed by atoms with Crippen LogP contribution >= 0.6 is 11.8 Å². The van der Waals surface area contributed by atoms with Crippen LogP contribution in [0.5, 0.6) is 0 Å². The number of nitriles is 1. The molecule has 2 amide bonds. The van der Waals surface area contributed by atoms with Crippen molar-refractivity contribution in [1.82, 2.24) is 5.32 Å². The monoisotopic (exact) mass is 409 g/mol. The summed E-state index contributed by atoms with van der Waals surface area (Å²) in [6.07, 6.45) is 1.47. The molecule has 0 saturated heterocycles. The molecule has 0 aliphatic carbocycles. The van der Waals surface area contributed by atoms with E-state index in [1.165, 1.54) is 13.0 Å². The maximum Gasteiger partial charge on any atom is 0.355 e. The standard InChI is InChI=1S/C21H19N3O4S/c1-14-10-17(29-13-22)8-9-18(14)24-20(26)12-28-21(27)19(23-15(2)25)11-16-6-4-3-5-7-16/h3-11H,12H2,1-2H3,(H,23,25)(H,24,26)/b19-11-. The Morgan fingerprint density at radius 1 is 1.17 bits per heavy atom. The smallest absolute Gasteiger partial charge is 0.355 e. The summed E-state index contributed by atoms with van der Waals surface area (Å²) in [6, 6.07) is 14.1. The van der Waals surface area contributed by atoms with Crippen molar-refractivity contribution in [2.24, 2.45) is 0 Å². The first-order chi connectivity index (χ1) is 13.9. The lowest BCUT2D eigenvalue weighted by Crippen LogP contribution is -2.29. The van der Waals surface area contributed by atoms with Gasteiger partial charge in [-0.3, -0.25) is 9.59 Å². The molecular weight excluding hydrogens is 390 g/mol. The summed E-state index contributed by atoms with van der Waals surface area (Å²) >= 11 is 1.02. The molecule has 2 aromatic carbocycles. The van der Waals surface area contributed by atoms with Gasteiger partial charge >= 0.3 is 5.97 Å². The Hall–Kier alpha value is -3.57. The molecule has 29 heavy (non-hydrogen) atoms. The van der Waals surface area contributed by atoms with Crippen molar-refractivity contribution in [3.8, 4) is 5.40 Å². The van der Waals surface area contributed by atoms with E-state index in [0.717, 1.165) is 22.2 Å². The third kappa shape index (κ3) is 7.16. The number of hydrogen-bond acceptors (Lipinski definition) is 6. The molecule has 0 bridgehead atoms. The minimum atomic E-state index is -0.823. The van der Waals surface area contributed by atoms with Gasteiger partial charge in [0.05, 0.1) is 0 Å². The maximum atomic E-state index is 12.3. The number of rotatable bonds is 7. The Labute approximate surface area is 172 Å². The molecule has 2 N–H and O–H groups in total. The Balaban J connectivity index is 2.00. The molecule has 148 valence electrons. The van der Waals surface area contributed by atoms with E-state index in [1.54, 1.807) is 49.4 Å². The summed E-state index contributed by atoms with van der Waals surface area (Å²) in [6.45, 7) is 2.55. The van der Waals surface area contributed by atoms with E-state index in [9.17, 15) is 14.4 Å². The van der Waals surface area contributed by atoms with Crippen LogP contribution in [-0.4, -0.2) is 24.4 Å². The quantitative estimate of drug-likeness (QED) is 0.315. The van der Waals surface area contributed by atoms with Gasteiger partial charge in [0.2, 0.25) is 5.91 Å². The Kier molecular flexibility index (Phi) is 8.00. The van der Waals surface area contributed by atoms with Crippen LogP contribution in [-0.2, 0) is 19.1 Å². The zero-order valence-corrected chi connectivity index (χ0v) is 16.7. The van der Waals surface area contributed by atoms with Gasteiger partial charge in [-0.1, -0.05) is 30.3 Å². The van der Waals surface area contributed by atoms with E-state index < -0.39 is 24.4 Å². The lowest BCUT2D eigenvalue weighted by Gasteiger charge is -2.11. The van der Waals surface area contributed by atoms with Gasteiger partial charge < -0.3 is 15.4 Å². The summed E-state index contributed by atoms with van der Waals surface area (Å²) in [5.41, 5.74) is 1.96. The van der Waals surface area contributed by atoms with Crippen LogP contribution in [0, 0.1) is 17.6 Å². The topological polar surface area (TPSA) is 108 Å². The lowest BCUT2D eigenvalue weighted by molar-refractivity contribution is -0.144. The molecule has 0 atom stereocenters. The molecule has 0 radical (unpaired) electrons. The van der Waals surface area contributed by atoms with E-state index >= 15 is 0 Å². The first-order valence-corrected chi connectivity index (χ1v) is 9.38. The average Bonchev–Trinajstić information content (AvgIpc) is 2.68. The zero-order valence-electron chi connectivity index (χ0n) is 15.9. The predicted molar refractivity (Wildman–Crippen MR) is 110 cm³/mol. The molecule has 0 aromatic heterocycles. The molecular formula is C21H19N3O4S. The summed E-state index contributed by atoms with van der Waals surface area (Å²) < 4.78 is 5.03. The second kappa shape index (κ2) is 10.7. The Bertz CT molecular complexity index is 981. The van der Waals surface area contributed by atoms with Gasteiger partial charge in [-0.2, -0.15) is 5.26 Å². The number of esters is 1. The van der Waals surface area contributed by atoms with E-state index in [1.807, 2.05) is 11.5 Å². The maximum absolute atomic E-state index is 12.3. The number of aryl methyl sites for hydroxylation is 1. The third-order valence-corrected chi connectivity index (χ3v) is 4.19. The molecule has 7 nitrogen and oxygen atoms in total. The molecule has 8 heteroatoms. The van der Waals surface area contributed by atoms with E-state index in [-0.39, 0.29) is 5.70 Å². The number of thioether (sulfide) groups is 1. The van der Waals surface area contributed by atoms with Crippen molar-refractivity contribution in [1.29, 1.82) is 5.26 Å².